The number of benzene rings is 1. The molecule has 0 amide bonds. The van der Waals surface area contributed by atoms with Crippen LogP contribution in [0, 0.1) is 5.41 Å². The maximum Gasteiger partial charge on any atom is 0.130 e. The zero-order valence-corrected chi connectivity index (χ0v) is 15.6. The molecule has 2 heterocycles. The summed E-state index contributed by atoms with van der Waals surface area (Å²) in [5, 5.41) is 0. The molecule has 1 fully saturated rings. The molecule has 1 saturated heterocycles. The van der Waals surface area contributed by atoms with Crippen LogP contribution in [0.15, 0.2) is 48.7 Å². The third-order valence-corrected chi connectivity index (χ3v) is 4.86. The topological polar surface area (TPSA) is 28.6 Å². The van der Waals surface area contributed by atoms with Gasteiger partial charge in [-0.1, -0.05) is 25.1 Å². The molecule has 1 aromatic heterocycles. The van der Waals surface area contributed by atoms with Crippen molar-refractivity contribution in [2.75, 3.05) is 33.7 Å². The standard InChI is InChI=1S/C21H29N3O/c1-21(10-12-23(2)16-21)17-24(3)14-18-7-6-9-20(13-18)25-15-19-8-4-5-11-22-19/h4-9,11,13H,10,12,14-17H2,1-3H3/t21-/m1/s1. The number of aromatic nitrogens is 1. The van der Waals surface area contributed by atoms with Crippen LogP contribution in [0.1, 0.15) is 24.6 Å². The van der Waals surface area contributed by atoms with Crippen LogP contribution >= 0.6 is 0 Å². The van der Waals surface area contributed by atoms with Gasteiger partial charge in [-0.15, -0.1) is 0 Å². The minimum Gasteiger partial charge on any atom is -0.487 e. The van der Waals surface area contributed by atoms with Gasteiger partial charge in [0.15, 0.2) is 0 Å². The highest BCUT2D eigenvalue weighted by molar-refractivity contribution is 5.28. The zero-order chi connectivity index (χ0) is 17.7. The fraction of sp³-hybridized carbons (Fsp3) is 0.476. The van der Waals surface area contributed by atoms with Gasteiger partial charge < -0.3 is 14.5 Å². The first-order valence-electron chi connectivity index (χ1n) is 9.01. The second-order valence-corrected chi connectivity index (χ2v) is 7.73. The van der Waals surface area contributed by atoms with Gasteiger partial charge >= 0.3 is 0 Å². The Hall–Kier alpha value is -1.91. The Morgan fingerprint density at radius 3 is 2.84 bits per heavy atom. The Bertz CT molecular complexity index is 676. The van der Waals surface area contributed by atoms with Crippen LogP contribution in [-0.2, 0) is 13.2 Å². The lowest BCUT2D eigenvalue weighted by Crippen LogP contribution is -2.35. The summed E-state index contributed by atoms with van der Waals surface area (Å²) in [5.41, 5.74) is 2.63. The first kappa shape index (κ1) is 17.9. The third-order valence-electron chi connectivity index (χ3n) is 4.86. The summed E-state index contributed by atoms with van der Waals surface area (Å²) in [6.07, 6.45) is 3.08. The van der Waals surface area contributed by atoms with E-state index >= 15 is 0 Å². The molecule has 1 aromatic carbocycles. The summed E-state index contributed by atoms with van der Waals surface area (Å²) in [6, 6.07) is 14.3. The van der Waals surface area contributed by atoms with Crippen LogP contribution in [0.5, 0.6) is 5.75 Å². The molecular formula is C21H29N3O. The van der Waals surface area contributed by atoms with E-state index in [1.807, 2.05) is 24.3 Å². The largest absolute Gasteiger partial charge is 0.487 e. The van der Waals surface area contributed by atoms with Gasteiger partial charge in [0.25, 0.3) is 0 Å². The van der Waals surface area contributed by atoms with Crippen molar-refractivity contribution in [3.8, 4) is 5.75 Å². The minimum atomic E-state index is 0.399. The monoisotopic (exact) mass is 339 g/mol. The molecule has 4 nitrogen and oxygen atoms in total. The first-order chi connectivity index (χ1) is 12.0. The van der Waals surface area contributed by atoms with Crippen molar-refractivity contribution in [1.29, 1.82) is 0 Å². The van der Waals surface area contributed by atoms with Gasteiger partial charge in [0.05, 0.1) is 5.69 Å². The fourth-order valence-corrected chi connectivity index (χ4v) is 3.79. The Morgan fingerprint density at radius 2 is 2.12 bits per heavy atom. The predicted molar refractivity (Wildman–Crippen MR) is 102 cm³/mol. The second kappa shape index (κ2) is 7.98. The summed E-state index contributed by atoms with van der Waals surface area (Å²) < 4.78 is 5.89. The molecule has 0 saturated carbocycles. The van der Waals surface area contributed by atoms with Crippen molar-refractivity contribution >= 4 is 0 Å². The summed E-state index contributed by atoms with van der Waals surface area (Å²) in [6.45, 7) is 7.37. The summed E-state index contributed by atoms with van der Waals surface area (Å²) in [4.78, 5) is 9.16. The fourth-order valence-electron chi connectivity index (χ4n) is 3.79. The van der Waals surface area contributed by atoms with E-state index < -0.39 is 0 Å². The first-order valence-corrected chi connectivity index (χ1v) is 9.01. The Morgan fingerprint density at radius 1 is 1.24 bits per heavy atom. The van der Waals surface area contributed by atoms with E-state index in [0.29, 0.717) is 12.0 Å². The Balaban J connectivity index is 1.54. The van der Waals surface area contributed by atoms with Crippen molar-refractivity contribution in [3.63, 3.8) is 0 Å². The number of ether oxygens (including phenoxy) is 1. The molecule has 1 atom stereocenters. The highest BCUT2D eigenvalue weighted by Crippen LogP contribution is 2.30. The Kier molecular flexibility index (Phi) is 5.71. The lowest BCUT2D eigenvalue weighted by Gasteiger charge is -2.30. The molecule has 2 aromatic rings. The van der Waals surface area contributed by atoms with E-state index in [0.717, 1.165) is 24.5 Å². The molecule has 134 valence electrons. The van der Waals surface area contributed by atoms with Crippen molar-refractivity contribution in [2.45, 2.75) is 26.5 Å². The van der Waals surface area contributed by atoms with Gasteiger partial charge in [-0.25, -0.2) is 0 Å². The summed E-state index contributed by atoms with van der Waals surface area (Å²) >= 11 is 0. The second-order valence-electron chi connectivity index (χ2n) is 7.73. The zero-order valence-electron chi connectivity index (χ0n) is 15.6. The number of pyridine rings is 1. The molecule has 0 bridgehead atoms. The normalized spacial score (nSPS) is 21.0. The predicted octanol–water partition coefficient (Wildman–Crippen LogP) is 3.43. The van der Waals surface area contributed by atoms with Gasteiger partial charge in [0, 0.05) is 25.8 Å². The SMILES string of the molecule is CN1CC[C@@](C)(CN(C)Cc2cccc(OCc3ccccn3)c2)C1. The molecule has 0 unspecified atom stereocenters. The summed E-state index contributed by atoms with van der Waals surface area (Å²) in [5.74, 6) is 0.906. The van der Waals surface area contributed by atoms with E-state index in [1.54, 1.807) is 6.20 Å². The molecule has 0 N–H and O–H groups in total. The van der Waals surface area contributed by atoms with Crippen LogP contribution in [0.25, 0.3) is 0 Å². The minimum absolute atomic E-state index is 0.399. The molecule has 1 aliphatic heterocycles. The van der Waals surface area contributed by atoms with Crippen LogP contribution in [0.3, 0.4) is 0 Å². The molecule has 3 rings (SSSR count). The lowest BCUT2D eigenvalue weighted by molar-refractivity contribution is 0.190. The average Bonchev–Trinajstić information content (AvgIpc) is 2.92. The average molecular weight is 339 g/mol. The lowest BCUT2D eigenvalue weighted by atomic mass is 9.89. The van der Waals surface area contributed by atoms with Crippen LogP contribution < -0.4 is 4.74 Å². The van der Waals surface area contributed by atoms with E-state index in [4.69, 9.17) is 4.74 Å². The molecule has 4 heteroatoms. The maximum absolute atomic E-state index is 5.89. The van der Waals surface area contributed by atoms with Gasteiger partial charge in [-0.3, -0.25) is 4.98 Å². The highest BCUT2D eigenvalue weighted by Gasteiger charge is 2.32. The molecule has 0 spiro atoms. The third kappa shape index (κ3) is 5.28. The van der Waals surface area contributed by atoms with Gasteiger partial charge in [0.2, 0.25) is 0 Å². The maximum atomic E-state index is 5.89. The number of likely N-dealkylation sites (tertiary alicyclic amines) is 1. The summed E-state index contributed by atoms with van der Waals surface area (Å²) in [7, 11) is 4.43. The van der Waals surface area contributed by atoms with Crippen LogP contribution in [0.2, 0.25) is 0 Å². The van der Waals surface area contributed by atoms with E-state index in [1.165, 1.54) is 25.1 Å². The number of hydrogen-bond donors (Lipinski definition) is 0. The van der Waals surface area contributed by atoms with Gasteiger partial charge in [-0.05, 0) is 62.3 Å². The molecule has 0 aliphatic carbocycles. The van der Waals surface area contributed by atoms with Gasteiger partial charge in [-0.2, -0.15) is 0 Å². The number of hydrogen-bond acceptors (Lipinski definition) is 4. The molecular weight excluding hydrogens is 310 g/mol. The van der Waals surface area contributed by atoms with Crippen molar-refractivity contribution < 1.29 is 4.74 Å². The Labute approximate surface area is 151 Å². The quantitative estimate of drug-likeness (QED) is 0.773. The smallest absolute Gasteiger partial charge is 0.130 e. The van der Waals surface area contributed by atoms with E-state index in [2.05, 4.69) is 54.0 Å². The number of nitrogens with zero attached hydrogens (tertiary/aromatic N) is 3. The highest BCUT2D eigenvalue weighted by atomic mass is 16.5. The van der Waals surface area contributed by atoms with Crippen molar-refractivity contribution in [3.05, 3.63) is 59.9 Å². The molecule has 1 aliphatic rings. The van der Waals surface area contributed by atoms with E-state index in [9.17, 15) is 0 Å². The van der Waals surface area contributed by atoms with Gasteiger partial charge in [0.1, 0.15) is 12.4 Å². The van der Waals surface area contributed by atoms with Crippen LogP contribution in [0.4, 0.5) is 0 Å². The van der Waals surface area contributed by atoms with Crippen molar-refractivity contribution in [2.24, 2.45) is 5.41 Å². The number of rotatable bonds is 7. The molecule has 25 heavy (non-hydrogen) atoms. The van der Waals surface area contributed by atoms with E-state index in [-0.39, 0.29) is 0 Å². The van der Waals surface area contributed by atoms with Crippen molar-refractivity contribution in [1.82, 2.24) is 14.8 Å². The van der Waals surface area contributed by atoms with Crippen LogP contribution in [-0.4, -0.2) is 48.5 Å². The molecule has 0 radical (unpaired) electrons.